The number of rotatable bonds is 2. The first-order valence-electron chi connectivity index (χ1n) is 6.39. The summed E-state index contributed by atoms with van der Waals surface area (Å²) in [5.41, 5.74) is 6.88. The van der Waals surface area contributed by atoms with Crippen LogP contribution in [0.25, 0.3) is 0 Å². The van der Waals surface area contributed by atoms with Gasteiger partial charge in [0, 0.05) is 0 Å². The van der Waals surface area contributed by atoms with E-state index in [0.29, 0.717) is 24.0 Å². The van der Waals surface area contributed by atoms with Gasteiger partial charge in [0.1, 0.15) is 12.4 Å². The molecule has 1 aromatic heterocycles. The Bertz CT molecular complexity index is 648. The third-order valence-corrected chi connectivity index (χ3v) is 4.27. The van der Waals surface area contributed by atoms with Crippen LogP contribution >= 0.6 is 22.6 Å². The van der Waals surface area contributed by atoms with Crippen LogP contribution in [0.2, 0.25) is 0 Å². The van der Waals surface area contributed by atoms with E-state index in [2.05, 4.69) is 32.6 Å². The minimum atomic E-state index is -0.325. The Labute approximate surface area is 130 Å². The Morgan fingerprint density at radius 3 is 2.80 bits per heavy atom. The van der Waals surface area contributed by atoms with Gasteiger partial charge in [0.15, 0.2) is 23.4 Å². The highest BCUT2D eigenvalue weighted by molar-refractivity contribution is 14.1. The summed E-state index contributed by atoms with van der Waals surface area (Å²) in [6.07, 6.45) is 0.483. The Kier molecular flexibility index (Phi) is 3.64. The first kappa shape index (κ1) is 13.4. The molecule has 0 amide bonds. The van der Waals surface area contributed by atoms with Gasteiger partial charge in [-0.15, -0.1) is 0 Å². The highest BCUT2D eigenvalue weighted by Crippen LogP contribution is 2.35. The molecule has 104 valence electrons. The lowest BCUT2D eigenvalue weighted by molar-refractivity contribution is 0.0850. The maximum atomic E-state index is 5.94. The van der Waals surface area contributed by atoms with Crippen LogP contribution in [0.4, 0.5) is 5.82 Å². The van der Waals surface area contributed by atoms with Gasteiger partial charge in [-0.2, -0.15) is 0 Å². The Morgan fingerprint density at radius 1 is 1.30 bits per heavy atom. The number of hydrogen-bond acceptors (Lipinski definition) is 5. The molecule has 1 atom stereocenters. The van der Waals surface area contributed by atoms with Crippen molar-refractivity contribution in [3.8, 4) is 11.5 Å². The molecule has 6 heteroatoms. The number of ether oxygens (including phenoxy) is 2. The molecular weight excluding hydrogens is 369 g/mol. The van der Waals surface area contributed by atoms with E-state index in [1.807, 2.05) is 31.2 Å². The van der Waals surface area contributed by atoms with E-state index in [-0.39, 0.29) is 6.10 Å². The smallest absolute Gasteiger partial charge is 0.192 e. The van der Waals surface area contributed by atoms with Crippen LogP contribution < -0.4 is 15.2 Å². The van der Waals surface area contributed by atoms with Crippen LogP contribution in [-0.4, -0.2) is 16.6 Å². The highest BCUT2D eigenvalue weighted by atomic mass is 127. The third-order valence-electron chi connectivity index (χ3n) is 3.09. The molecule has 0 bridgehead atoms. The van der Waals surface area contributed by atoms with Crippen molar-refractivity contribution in [2.45, 2.75) is 19.4 Å². The highest BCUT2D eigenvalue weighted by Gasteiger charge is 2.26. The fraction of sp³-hybridized carbons (Fsp3) is 0.286. The molecule has 0 radical (unpaired) electrons. The van der Waals surface area contributed by atoms with Gasteiger partial charge in [0.25, 0.3) is 0 Å². The molecule has 0 aliphatic carbocycles. The summed E-state index contributed by atoms with van der Waals surface area (Å²) in [4.78, 5) is 8.88. The number of nitrogens with zero attached hydrogens (tertiary/aromatic N) is 2. The lowest BCUT2D eigenvalue weighted by atomic mass is 10.2. The average molecular weight is 383 g/mol. The minimum absolute atomic E-state index is 0.325. The summed E-state index contributed by atoms with van der Waals surface area (Å²) in [5, 5.41) is 0. The Balaban J connectivity index is 1.93. The van der Waals surface area contributed by atoms with Crippen molar-refractivity contribution < 1.29 is 9.47 Å². The van der Waals surface area contributed by atoms with Crippen molar-refractivity contribution in [2.24, 2.45) is 0 Å². The molecule has 0 fully saturated rings. The monoisotopic (exact) mass is 383 g/mol. The van der Waals surface area contributed by atoms with Crippen LogP contribution in [0.15, 0.2) is 24.3 Å². The first-order valence-corrected chi connectivity index (χ1v) is 7.47. The molecule has 2 aromatic rings. The number of fused-ring (bicyclic) bond motifs is 1. The van der Waals surface area contributed by atoms with Crippen LogP contribution in [0, 0.1) is 3.57 Å². The number of aromatic nitrogens is 2. The molecule has 1 aliphatic rings. The van der Waals surface area contributed by atoms with Crippen molar-refractivity contribution in [1.82, 2.24) is 9.97 Å². The lowest BCUT2D eigenvalue weighted by Crippen LogP contribution is -2.24. The predicted octanol–water partition coefficient (Wildman–Crippen LogP) is 2.74. The van der Waals surface area contributed by atoms with Crippen LogP contribution in [0.1, 0.15) is 24.5 Å². The van der Waals surface area contributed by atoms with Gasteiger partial charge in [0.05, 0.1) is 9.26 Å². The van der Waals surface area contributed by atoms with Gasteiger partial charge in [0.2, 0.25) is 0 Å². The molecule has 0 saturated carbocycles. The van der Waals surface area contributed by atoms with E-state index < -0.39 is 0 Å². The first-order chi connectivity index (χ1) is 9.69. The molecule has 2 N–H and O–H groups in total. The Morgan fingerprint density at radius 2 is 2.05 bits per heavy atom. The number of nitrogen functional groups attached to an aromatic ring is 1. The topological polar surface area (TPSA) is 70.3 Å². The second-order valence-corrected chi connectivity index (χ2v) is 5.52. The second kappa shape index (κ2) is 5.43. The molecule has 1 aromatic carbocycles. The van der Waals surface area contributed by atoms with Gasteiger partial charge in [-0.25, -0.2) is 9.97 Å². The molecule has 0 spiro atoms. The molecular formula is C14H14IN3O2. The van der Waals surface area contributed by atoms with E-state index >= 15 is 0 Å². The molecule has 0 saturated heterocycles. The maximum Gasteiger partial charge on any atom is 0.192 e. The lowest BCUT2D eigenvalue weighted by Gasteiger charge is -2.25. The number of halogens is 1. The number of benzene rings is 1. The quantitative estimate of drug-likeness (QED) is 0.808. The number of nitrogens with two attached hydrogens (primary N) is 1. The average Bonchev–Trinajstić information content (AvgIpc) is 2.49. The van der Waals surface area contributed by atoms with Crippen LogP contribution in [0.5, 0.6) is 11.5 Å². The van der Waals surface area contributed by atoms with Gasteiger partial charge in [-0.05, 0) is 41.1 Å². The zero-order chi connectivity index (χ0) is 14.1. The van der Waals surface area contributed by atoms with Gasteiger partial charge in [-0.3, -0.25) is 0 Å². The summed E-state index contributed by atoms with van der Waals surface area (Å²) in [6.45, 7) is 2.43. The van der Waals surface area contributed by atoms with Crippen molar-refractivity contribution in [3.63, 3.8) is 0 Å². The standard InChI is InChI=1S/C14H14IN3O2/c1-2-8-12(15)13(16)18-14(17-8)11-7-19-9-5-3-4-6-10(9)20-11/h3-6,11H,2,7H2,1H3,(H2,16,17,18). The molecule has 3 rings (SSSR count). The molecule has 5 nitrogen and oxygen atoms in total. The predicted molar refractivity (Wildman–Crippen MR) is 83.8 cm³/mol. The van der Waals surface area contributed by atoms with E-state index in [0.717, 1.165) is 21.4 Å². The molecule has 1 aliphatic heterocycles. The molecule has 1 unspecified atom stereocenters. The summed E-state index contributed by atoms with van der Waals surface area (Å²) in [5.74, 6) is 2.53. The maximum absolute atomic E-state index is 5.94. The van der Waals surface area contributed by atoms with E-state index in [1.165, 1.54) is 0 Å². The number of hydrogen-bond donors (Lipinski definition) is 1. The summed E-state index contributed by atoms with van der Waals surface area (Å²) in [6, 6.07) is 7.58. The number of para-hydroxylation sites is 2. The third kappa shape index (κ3) is 2.39. The second-order valence-electron chi connectivity index (χ2n) is 4.45. The summed E-state index contributed by atoms with van der Waals surface area (Å²) in [7, 11) is 0. The zero-order valence-electron chi connectivity index (χ0n) is 11.0. The van der Waals surface area contributed by atoms with E-state index in [4.69, 9.17) is 15.2 Å². The summed E-state index contributed by atoms with van der Waals surface area (Å²) >= 11 is 2.17. The van der Waals surface area contributed by atoms with Crippen molar-refractivity contribution >= 4 is 28.4 Å². The fourth-order valence-electron chi connectivity index (χ4n) is 2.06. The molecule has 2 heterocycles. The zero-order valence-corrected chi connectivity index (χ0v) is 13.1. The van der Waals surface area contributed by atoms with Crippen LogP contribution in [-0.2, 0) is 6.42 Å². The minimum Gasteiger partial charge on any atom is -0.485 e. The fourth-order valence-corrected chi connectivity index (χ4v) is 2.68. The van der Waals surface area contributed by atoms with Gasteiger partial charge in [-0.1, -0.05) is 19.1 Å². The number of aryl methyl sites for hydroxylation is 1. The van der Waals surface area contributed by atoms with Crippen molar-refractivity contribution in [3.05, 3.63) is 39.4 Å². The normalized spacial score (nSPS) is 17.0. The summed E-state index contributed by atoms with van der Waals surface area (Å²) < 4.78 is 12.5. The van der Waals surface area contributed by atoms with Crippen LogP contribution in [0.3, 0.4) is 0 Å². The Hall–Kier alpha value is -1.57. The number of anilines is 1. The van der Waals surface area contributed by atoms with Crippen molar-refractivity contribution in [1.29, 1.82) is 0 Å². The van der Waals surface area contributed by atoms with E-state index in [9.17, 15) is 0 Å². The van der Waals surface area contributed by atoms with Gasteiger partial charge < -0.3 is 15.2 Å². The SMILES string of the molecule is CCc1nc(C2COc3ccccc3O2)nc(N)c1I. The van der Waals surface area contributed by atoms with Gasteiger partial charge >= 0.3 is 0 Å². The van der Waals surface area contributed by atoms with Crippen molar-refractivity contribution in [2.75, 3.05) is 12.3 Å². The molecule has 20 heavy (non-hydrogen) atoms. The largest absolute Gasteiger partial charge is 0.485 e. The van der Waals surface area contributed by atoms with E-state index in [1.54, 1.807) is 0 Å².